The summed E-state index contributed by atoms with van der Waals surface area (Å²) in [5.41, 5.74) is 11.8. The van der Waals surface area contributed by atoms with Crippen molar-refractivity contribution in [3.05, 3.63) is 30.0 Å². The molecule has 3 aromatic rings. The highest BCUT2D eigenvalue weighted by molar-refractivity contribution is 5.91. The van der Waals surface area contributed by atoms with Gasteiger partial charge in [-0.1, -0.05) is 12.1 Å². The lowest BCUT2D eigenvalue weighted by Gasteiger charge is -2.41. The number of aromatic nitrogens is 4. The summed E-state index contributed by atoms with van der Waals surface area (Å²) >= 11 is 0. The predicted octanol–water partition coefficient (Wildman–Crippen LogP) is 2.58. The highest BCUT2D eigenvalue weighted by Crippen LogP contribution is 2.42. The first-order valence-corrected chi connectivity index (χ1v) is 11.9. The van der Waals surface area contributed by atoms with Gasteiger partial charge in [0.25, 0.3) is 0 Å². The molecule has 2 fully saturated rings. The summed E-state index contributed by atoms with van der Waals surface area (Å²) < 4.78 is 5.86. The number of hydrogen-bond donors (Lipinski definition) is 2. The van der Waals surface area contributed by atoms with E-state index in [4.69, 9.17) is 20.4 Å². The second kappa shape index (κ2) is 7.56. The normalized spacial score (nSPS) is 24.7. The molecule has 2 atom stereocenters. The summed E-state index contributed by atoms with van der Waals surface area (Å²) in [7, 11) is 2.14. The number of nitrogens with one attached hydrogen (secondary N) is 1. The summed E-state index contributed by atoms with van der Waals surface area (Å²) in [4.78, 5) is 16.6. The number of ether oxygens (including phenoxy) is 1. The number of nitrogens with zero attached hydrogens (tertiary/aromatic N) is 6. The number of anilines is 4. The Bertz CT molecular complexity index is 1180. The van der Waals surface area contributed by atoms with E-state index in [-0.39, 0.29) is 17.6 Å². The van der Waals surface area contributed by atoms with Gasteiger partial charge >= 0.3 is 0 Å². The van der Waals surface area contributed by atoms with E-state index in [0.717, 1.165) is 74.1 Å². The Morgan fingerprint density at radius 2 is 2.00 bits per heavy atom. The molecule has 2 aromatic heterocycles. The fraction of sp³-hybridized carbons (Fsp3) is 0.542. The molecule has 0 aliphatic carbocycles. The van der Waals surface area contributed by atoms with Crippen LogP contribution in [0.4, 0.5) is 23.0 Å². The molecule has 0 unspecified atom stereocenters. The molecule has 5 heterocycles. The van der Waals surface area contributed by atoms with Crippen LogP contribution in [0.2, 0.25) is 0 Å². The molecule has 9 nitrogen and oxygen atoms in total. The summed E-state index contributed by atoms with van der Waals surface area (Å²) in [6.07, 6.45) is 4.06. The van der Waals surface area contributed by atoms with E-state index in [1.807, 2.05) is 6.20 Å². The minimum Gasteiger partial charge on any atom is -0.376 e. The summed E-state index contributed by atoms with van der Waals surface area (Å²) in [5.74, 6) is 1.73. The van der Waals surface area contributed by atoms with Crippen molar-refractivity contribution < 1.29 is 4.74 Å². The van der Waals surface area contributed by atoms with Gasteiger partial charge in [-0.25, -0.2) is 9.97 Å². The highest BCUT2D eigenvalue weighted by Gasteiger charge is 2.47. The minimum atomic E-state index is 0.0988. The maximum atomic E-state index is 6.48. The average Bonchev–Trinajstić information content (AvgIpc) is 3.36. The lowest BCUT2D eigenvalue weighted by atomic mass is 9.73. The van der Waals surface area contributed by atoms with E-state index in [9.17, 15) is 0 Å². The molecule has 3 N–H and O–H groups in total. The molecule has 0 amide bonds. The minimum absolute atomic E-state index is 0.0988. The van der Waals surface area contributed by atoms with Crippen molar-refractivity contribution in [1.29, 1.82) is 0 Å². The van der Waals surface area contributed by atoms with Gasteiger partial charge in [-0.15, -0.1) is 0 Å². The molecule has 0 bridgehead atoms. The van der Waals surface area contributed by atoms with E-state index in [1.54, 1.807) is 0 Å². The first-order valence-electron chi connectivity index (χ1n) is 11.9. The van der Waals surface area contributed by atoms with Gasteiger partial charge < -0.3 is 25.2 Å². The topological polar surface area (TPSA) is 99.4 Å². The lowest BCUT2D eigenvalue weighted by Crippen LogP contribution is -2.50. The van der Waals surface area contributed by atoms with Crippen molar-refractivity contribution >= 4 is 34.2 Å². The van der Waals surface area contributed by atoms with Gasteiger partial charge in [0, 0.05) is 44.7 Å². The van der Waals surface area contributed by atoms with Crippen LogP contribution in [0.15, 0.2) is 24.4 Å². The molecule has 3 aliphatic rings. The Morgan fingerprint density at radius 3 is 2.76 bits per heavy atom. The van der Waals surface area contributed by atoms with Crippen LogP contribution in [0.25, 0.3) is 11.2 Å². The molecule has 0 radical (unpaired) electrons. The van der Waals surface area contributed by atoms with Crippen LogP contribution in [0.3, 0.4) is 0 Å². The Kier molecular flexibility index (Phi) is 4.74. The van der Waals surface area contributed by atoms with Gasteiger partial charge in [0.05, 0.1) is 30.3 Å². The van der Waals surface area contributed by atoms with E-state index < -0.39 is 0 Å². The van der Waals surface area contributed by atoms with Gasteiger partial charge in [-0.2, -0.15) is 5.10 Å². The fourth-order valence-electron chi connectivity index (χ4n) is 5.83. The van der Waals surface area contributed by atoms with E-state index in [0.29, 0.717) is 0 Å². The number of para-hydroxylation sites is 1. The van der Waals surface area contributed by atoms with Crippen molar-refractivity contribution in [3.63, 3.8) is 0 Å². The molecule has 33 heavy (non-hydrogen) atoms. The van der Waals surface area contributed by atoms with Crippen LogP contribution >= 0.6 is 0 Å². The molecule has 6 rings (SSSR count). The van der Waals surface area contributed by atoms with E-state index in [1.165, 1.54) is 11.3 Å². The molecule has 1 spiro atoms. The predicted molar refractivity (Wildman–Crippen MR) is 130 cm³/mol. The number of piperidine rings is 1. The monoisotopic (exact) mass is 448 g/mol. The van der Waals surface area contributed by atoms with Crippen molar-refractivity contribution in [2.45, 2.75) is 38.8 Å². The summed E-state index contributed by atoms with van der Waals surface area (Å²) in [6, 6.07) is 6.52. The zero-order valence-electron chi connectivity index (χ0n) is 19.6. The second-order valence-corrected chi connectivity index (χ2v) is 9.88. The molecule has 3 aliphatic heterocycles. The number of H-pyrrole nitrogens is 1. The van der Waals surface area contributed by atoms with Gasteiger partial charge in [0.1, 0.15) is 5.82 Å². The largest absolute Gasteiger partial charge is 0.376 e. The number of fused-ring (bicyclic) bond motifs is 2. The van der Waals surface area contributed by atoms with Crippen LogP contribution in [0.1, 0.15) is 25.3 Å². The van der Waals surface area contributed by atoms with E-state index in [2.05, 4.69) is 64.0 Å². The first-order chi connectivity index (χ1) is 16.0. The van der Waals surface area contributed by atoms with E-state index >= 15 is 0 Å². The van der Waals surface area contributed by atoms with Crippen molar-refractivity contribution in [2.24, 2.45) is 11.1 Å². The van der Waals surface area contributed by atoms with Gasteiger partial charge in [-0.05, 0) is 38.3 Å². The third-order valence-corrected chi connectivity index (χ3v) is 7.97. The van der Waals surface area contributed by atoms with Crippen molar-refractivity contribution in [2.75, 3.05) is 54.5 Å². The number of benzene rings is 1. The zero-order valence-corrected chi connectivity index (χ0v) is 19.6. The van der Waals surface area contributed by atoms with Crippen LogP contribution in [0.5, 0.6) is 0 Å². The molecule has 1 aromatic carbocycles. The van der Waals surface area contributed by atoms with Gasteiger partial charge in [0.15, 0.2) is 17.0 Å². The molecule has 0 saturated carbocycles. The zero-order chi connectivity index (χ0) is 22.7. The number of nitrogens with two attached hydrogens (primary N) is 1. The van der Waals surface area contributed by atoms with Crippen molar-refractivity contribution in [3.8, 4) is 0 Å². The summed E-state index contributed by atoms with van der Waals surface area (Å²) in [5, 5.41) is 7.78. The number of likely N-dealkylation sites (N-methyl/N-ethyl adjacent to an activating group) is 1. The standard InChI is InChI=1S/C24H32N8O/c1-15-5-4-6-17-20(15)30(3)11-12-32(17)23-19-22(28-29-23)27-18(13-26-19)31-9-7-24(8-10-31)14-33-16(2)21(24)25/h4-6,13,16,21H,7-12,14,25H2,1-3H3,(H,27,28,29)/t16-,21+/m0/s1. The first kappa shape index (κ1) is 20.7. The van der Waals surface area contributed by atoms with Crippen LogP contribution in [-0.4, -0.2) is 72.1 Å². The fourth-order valence-corrected chi connectivity index (χ4v) is 5.83. The van der Waals surface area contributed by atoms with Crippen LogP contribution in [0, 0.1) is 12.3 Å². The summed E-state index contributed by atoms with van der Waals surface area (Å²) in [6.45, 7) is 8.61. The Labute approximate surface area is 193 Å². The molecular weight excluding hydrogens is 416 g/mol. The number of aryl methyl sites for hydroxylation is 1. The third-order valence-electron chi connectivity index (χ3n) is 7.97. The molecular formula is C24H32N8O. The maximum absolute atomic E-state index is 6.48. The smallest absolute Gasteiger partial charge is 0.183 e. The Balaban J connectivity index is 1.27. The number of rotatable bonds is 2. The lowest BCUT2D eigenvalue weighted by molar-refractivity contribution is 0.0974. The molecule has 9 heteroatoms. The van der Waals surface area contributed by atoms with Crippen LogP contribution in [-0.2, 0) is 4.74 Å². The van der Waals surface area contributed by atoms with Crippen molar-refractivity contribution in [1.82, 2.24) is 20.2 Å². The number of aromatic amines is 1. The van der Waals surface area contributed by atoms with Crippen LogP contribution < -0.4 is 20.4 Å². The average molecular weight is 449 g/mol. The molecule has 2 saturated heterocycles. The Hall–Kier alpha value is -2.91. The SMILES string of the molecule is Cc1cccc2c1N(C)CCN2c1n[nH]c2nc(N3CCC4(CC3)CO[C@@H](C)[C@H]4N)cnc12. The molecule has 174 valence electrons. The van der Waals surface area contributed by atoms with Gasteiger partial charge in [-0.3, -0.25) is 5.10 Å². The quantitative estimate of drug-likeness (QED) is 0.617. The third kappa shape index (κ3) is 3.17. The highest BCUT2D eigenvalue weighted by atomic mass is 16.5. The second-order valence-electron chi connectivity index (χ2n) is 9.88. The Morgan fingerprint density at radius 1 is 1.18 bits per heavy atom. The number of hydrogen-bond acceptors (Lipinski definition) is 8. The van der Waals surface area contributed by atoms with Gasteiger partial charge in [0.2, 0.25) is 0 Å². The maximum Gasteiger partial charge on any atom is 0.183 e.